The summed E-state index contributed by atoms with van der Waals surface area (Å²) in [4.78, 5) is 25.1. The predicted octanol–water partition coefficient (Wildman–Crippen LogP) is 1.61. The molecule has 0 saturated heterocycles. The van der Waals surface area contributed by atoms with Gasteiger partial charge >= 0.3 is 0 Å². The molecular weight excluding hydrogens is 214 g/mol. The van der Waals surface area contributed by atoms with Crippen molar-refractivity contribution < 1.29 is 19.5 Å². The number of carbonyl (C=O) groups excluding carboxylic acids is 1. The fourth-order valence-electron chi connectivity index (χ4n) is 1.01. The molecule has 0 aromatic heterocycles. The van der Waals surface area contributed by atoms with Crippen LogP contribution < -0.4 is 0 Å². The van der Waals surface area contributed by atoms with E-state index >= 15 is 0 Å². The molecule has 0 bridgehead atoms. The Morgan fingerprint density at radius 1 is 1.38 bits per heavy atom. The molecule has 6 heteroatoms. The maximum absolute atomic E-state index is 11.2. The molecule has 0 aromatic rings. The highest BCUT2D eigenvalue weighted by Gasteiger charge is 2.03. The lowest BCUT2D eigenvalue weighted by molar-refractivity contribution is -0.757. The first kappa shape index (κ1) is 14.8. The van der Waals surface area contributed by atoms with Crippen molar-refractivity contribution in [2.45, 2.75) is 33.1 Å². The van der Waals surface area contributed by atoms with E-state index in [-0.39, 0.29) is 19.0 Å². The first-order valence-corrected chi connectivity index (χ1v) is 5.39. The molecule has 94 valence electrons. The zero-order valence-electron chi connectivity index (χ0n) is 9.81. The van der Waals surface area contributed by atoms with Crippen molar-refractivity contribution in [1.29, 1.82) is 0 Å². The Balaban J connectivity index is 3.24. The van der Waals surface area contributed by atoms with Gasteiger partial charge in [0, 0.05) is 13.0 Å². The van der Waals surface area contributed by atoms with E-state index in [1.54, 1.807) is 0 Å². The molecule has 0 unspecified atom stereocenters. The van der Waals surface area contributed by atoms with Gasteiger partial charge in [0.2, 0.25) is 0 Å². The molecule has 0 aliphatic heterocycles. The first-order chi connectivity index (χ1) is 7.52. The summed E-state index contributed by atoms with van der Waals surface area (Å²) in [7, 11) is 0. The van der Waals surface area contributed by atoms with E-state index in [4.69, 9.17) is 4.74 Å². The molecule has 0 fully saturated rings. The average Bonchev–Trinajstić information content (AvgIpc) is 2.19. The van der Waals surface area contributed by atoms with E-state index in [1.165, 1.54) is 0 Å². The maximum Gasteiger partial charge on any atom is 0.294 e. The summed E-state index contributed by atoms with van der Waals surface area (Å²) in [5.74, 6) is 0.585. The van der Waals surface area contributed by atoms with Gasteiger partial charge in [0.25, 0.3) is 5.09 Å². The minimum atomic E-state index is -0.839. The molecule has 0 radical (unpaired) electrons. The van der Waals surface area contributed by atoms with Crippen LogP contribution in [0.25, 0.3) is 0 Å². The van der Waals surface area contributed by atoms with Gasteiger partial charge in [0.15, 0.2) is 5.78 Å². The highest BCUT2D eigenvalue weighted by molar-refractivity contribution is 5.79. The molecule has 0 N–H and O–H groups in total. The summed E-state index contributed by atoms with van der Waals surface area (Å²) < 4.78 is 5.06. The molecule has 16 heavy (non-hydrogen) atoms. The molecule has 0 amide bonds. The van der Waals surface area contributed by atoms with Gasteiger partial charge in [-0.2, -0.15) is 0 Å². The van der Waals surface area contributed by atoms with Crippen LogP contribution in [0.2, 0.25) is 0 Å². The third kappa shape index (κ3) is 10.9. The average molecular weight is 233 g/mol. The normalized spacial score (nSPS) is 10.4. The van der Waals surface area contributed by atoms with E-state index < -0.39 is 5.09 Å². The van der Waals surface area contributed by atoms with Crippen LogP contribution in [0, 0.1) is 16.0 Å². The van der Waals surface area contributed by atoms with Crippen LogP contribution in [0.1, 0.15) is 33.1 Å². The lowest BCUT2D eigenvalue weighted by Crippen LogP contribution is -2.12. The number of nitrogens with zero attached hydrogens (tertiary/aromatic N) is 1. The fourth-order valence-corrected chi connectivity index (χ4v) is 1.01. The molecule has 0 spiro atoms. The number of hydrogen-bond donors (Lipinski definition) is 0. The molecule has 0 atom stereocenters. The second-order valence-electron chi connectivity index (χ2n) is 3.93. The minimum absolute atomic E-state index is 0.00713. The maximum atomic E-state index is 11.2. The molecule has 0 aliphatic carbocycles. The molecular formula is C10H19NO5. The van der Waals surface area contributed by atoms with E-state index in [1.807, 2.05) is 0 Å². The molecule has 6 nitrogen and oxygen atoms in total. The van der Waals surface area contributed by atoms with Crippen molar-refractivity contribution >= 4 is 5.78 Å². The van der Waals surface area contributed by atoms with Crippen molar-refractivity contribution in [1.82, 2.24) is 0 Å². The monoisotopic (exact) mass is 233 g/mol. The number of ketones is 1. The highest BCUT2D eigenvalue weighted by atomic mass is 16.9. The van der Waals surface area contributed by atoms with E-state index in [0.717, 1.165) is 6.42 Å². The number of Topliss-reactive ketones (excluding diaryl/α,β-unsaturated/α-hetero) is 1. The quantitative estimate of drug-likeness (QED) is 0.325. The third-order valence-corrected chi connectivity index (χ3v) is 1.89. The largest absolute Gasteiger partial charge is 0.374 e. The smallest absolute Gasteiger partial charge is 0.294 e. The van der Waals surface area contributed by atoms with Crippen LogP contribution in [-0.2, 0) is 14.4 Å². The van der Waals surface area contributed by atoms with E-state index in [2.05, 4.69) is 18.7 Å². The van der Waals surface area contributed by atoms with Crippen LogP contribution in [-0.4, -0.2) is 30.7 Å². The van der Waals surface area contributed by atoms with Gasteiger partial charge in [-0.25, -0.2) is 0 Å². The summed E-state index contributed by atoms with van der Waals surface area (Å²) in [6.07, 6.45) is 1.81. The van der Waals surface area contributed by atoms with Crippen molar-refractivity contribution in [3.8, 4) is 0 Å². The van der Waals surface area contributed by atoms with Gasteiger partial charge in [-0.3, -0.25) is 4.79 Å². The number of hydrogen-bond acceptors (Lipinski definition) is 5. The molecule has 0 heterocycles. The zero-order chi connectivity index (χ0) is 12.4. The standard InChI is InChI=1S/C10H19NO5/c1-9(2)4-5-10(12)8-15-6-3-7-16-11(13)14/h9H,3-8H2,1-2H3. The summed E-state index contributed by atoms with van der Waals surface area (Å²) in [5.41, 5.74) is 0. The first-order valence-electron chi connectivity index (χ1n) is 5.39. The van der Waals surface area contributed by atoms with Gasteiger partial charge in [-0.1, -0.05) is 13.8 Å². The van der Waals surface area contributed by atoms with Crippen LogP contribution >= 0.6 is 0 Å². The van der Waals surface area contributed by atoms with Crippen LogP contribution in [0.5, 0.6) is 0 Å². The van der Waals surface area contributed by atoms with E-state index in [9.17, 15) is 14.9 Å². The van der Waals surface area contributed by atoms with Crippen molar-refractivity contribution in [3.63, 3.8) is 0 Å². The lowest BCUT2D eigenvalue weighted by atomic mass is 10.1. The molecule has 0 rings (SSSR count). The Hall–Kier alpha value is -1.17. The van der Waals surface area contributed by atoms with Crippen molar-refractivity contribution in [2.75, 3.05) is 19.8 Å². The molecule has 0 aromatic carbocycles. The third-order valence-electron chi connectivity index (χ3n) is 1.89. The van der Waals surface area contributed by atoms with Gasteiger partial charge in [-0.05, 0) is 18.8 Å². The molecule has 0 aliphatic rings. The summed E-state index contributed by atoms with van der Waals surface area (Å²) in [6.45, 7) is 4.52. The van der Waals surface area contributed by atoms with Crippen molar-refractivity contribution in [3.05, 3.63) is 10.1 Å². The summed E-state index contributed by atoms with van der Waals surface area (Å²) in [5, 5.41) is 8.94. The Kier molecular flexibility index (Phi) is 8.42. The van der Waals surface area contributed by atoms with Gasteiger partial charge in [0.05, 0.1) is 6.61 Å². The van der Waals surface area contributed by atoms with Crippen molar-refractivity contribution in [2.24, 2.45) is 5.92 Å². The fraction of sp³-hybridized carbons (Fsp3) is 0.900. The second-order valence-corrected chi connectivity index (χ2v) is 3.93. The highest BCUT2D eigenvalue weighted by Crippen LogP contribution is 2.03. The second kappa shape index (κ2) is 9.08. The molecule has 0 saturated carbocycles. The van der Waals surface area contributed by atoms with Crippen LogP contribution in [0.4, 0.5) is 0 Å². The summed E-state index contributed by atoms with van der Waals surface area (Å²) in [6, 6.07) is 0. The number of ether oxygens (including phenoxy) is 1. The van der Waals surface area contributed by atoms with E-state index in [0.29, 0.717) is 25.4 Å². The van der Waals surface area contributed by atoms with Crippen LogP contribution in [0.15, 0.2) is 0 Å². The minimum Gasteiger partial charge on any atom is -0.374 e. The zero-order valence-corrected chi connectivity index (χ0v) is 9.81. The topological polar surface area (TPSA) is 78.7 Å². The van der Waals surface area contributed by atoms with Gasteiger partial charge in [-0.15, -0.1) is 10.1 Å². The van der Waals surface area contributed by atoms with Gasteiger partial charge < -0.3 is 9.57 Å². The Morgan fingerprint density at radius 3 is 2.62 bits per heavy atom. The Labute approximate surface area is 95.0 Å². The Morgan fingerprint density at radius 2 is 2.06 bits per heavy atom. The predicted molar refractivity (Wildman–Crippen MR) is 57.5 cm³/mol. The number of carbonyl (C=O) groups is 1. The van der Waals surface area contributed by atoms with Gasteiger partial charge in [0.1, 0.15) is 6.61 Å². The lowest BCUT2D eigenvalue weighted by Gasteiger charge is -2.05. The SMILES string of the molecule is CC(C)CCC(=O)COCCCO[N+](=O)[O-]. The number of rotatable bonds is 10. The summed E-state index contributed by atoms with van der Waals surface area (Å²) >= 11 is 0. The van der Waals surface area contributed by atoms with Crippen LogP contribution in [0.3, 0.4) is 0 Å². The Bertz CT molecular complexity index is 217.